The maximum atomic E-state index is 14.4. The largest absolute Gasteiger partial charge is 0.459 e. The Morgan fingerprint density at radius 2 is 1.76 bits per heavy atom. The Morgan fingerprint density at radius 3 is 2.36 bits per heavy atom. The SMILES string of the molecule is CC[C@H]1OC(=O)[C@H](C)C(=O)[C@H](C)[C@@H](O[C@@H]2O[C@H](C)C[C@H](N(C)C)[C@H]2O)[C@@]2(C)C[C@@H](C)C(=NC(C)=O)C[C@@H](OC/C(=N/OCc3ccc(C(=O)NN)cc3)CO2)[C@]1(C)O. The summed E-state index contributed by atoms with van der Waals surface area (Å²) in [5, 5.41) is 28.2. The van der Waals surface area contributed by atoms with Gasteiger partial charge in [-0.3, -0.25) is 24.6 Å². The Hall–Kier alpha value is -3.68. The van der Waals surface area contributed by atoms with Crippen molar-refractivity contribution in [1.29, 1.82) is 0 Å². The summed E-state index contributed by atoms with van der Waals surface area (Å²) in [5.41, 5.74) is 0.526. The maximum absolute atomic E-state index is 14.4. The van der Waals surface area contributed by atoms with Gasteiger partial charge in [-0.05, 0) is 84.7 Å². The number of ether oxygens (including phenoxy) is 5. The number of Topliss-reactive ketones (excluding diaryl/α,β-unsaturated/α-hetero) is 1. The number of benzene rings is 1. The monoisotopic (exact) mass is 817 g/mol. The molecule has 1 aromatic rings. The molecule has 2 amide bonds. The van der Waals surface area contributed by atoms with E-state index in [1.165, 1.54) is 20.8 Å². The van der Waals surface area contributed by atoms with E-state index in [1.54, 1.807) is 45.0 Å². The number of cyclic esters (lactones) is 1. The number of carbonyl (C=O) groups is 4. The predicted octanol–water partition coefficient (Wildman–Crippen LogP) is 2.48. The quantitative estimate of drug-likeness (QED) is 0.0972. The molecule has 12 atom stereocenters. The minimum Gasteiger partial charge on any atom is -0.459 e. The molecule has 0 radical (unpaired) electrons. The number of nitrogens with one attached hydrogen (secondary N) is 1. The zero-order valence-corrected chi connectivity index (χ0v) is 35.4. The first-order valence-electron chi connectivity index (χ1n) is 19.9. The summed E-state index contributed by atoms with van der Waals surface area (Å²) in [4.78, 5) is 64.8. The van der Waals surface area contributed by atoms with Gasteiger partial charge >= 0.3 is 5.97 Å². The molecule has 3 saturated heterocycles. The smallest absolute Gasteiger partial charge is 0.316 e. The van der Waals surface area contributed by atoms with Crippen LogP contribution in [0.1, 0.15) is 97.0 Å². The summed E-state index contributed by atoms with van der Waals surface area (Å²) < 4.78 is 32.1. The molecule has 58 heavy (non-hydrogen) atoms. The molecule has 17 heteroatoms. The molecule has 324 valence electrons. The van der Waals surface area contributed by atoms with Crippen LogP contribution in [-0.2, 0) is 49.5 Å². The number of hydrogen-bond acceptors (Lipinski definition) is 15. The van der Waals surface area contributed by atoms with E-state index in [1.807, 2.05) is 32.8 Å². The lowest BCUT2D eigenvalue weighted by Crippen LogP contribution is -2.59. The van der Waals surface area contributed by atoms with Crippen LogP contribution in [0.5, 0.6) is 0 Å². The number of esters is 1. The molecule has 0 spiro atoms. The van der Waals surface area contributed by atoms with E-state index in [0.717, 1.165) is 0 Å². The van der Waals surface area contributed by atoms with Crippen LogP contribution in [0.4, 0.5) is 0 Å². The van der Waals surface area contributed by atoms with Crippen molar-refractivity contribution in [3.63, 3.8) is 0 Å². The predicted molar refractivity (Wildman–Crippen MR) is 212 cm³/mol. The van der Waals surface area contributed by atoms with E-state index in [-0.39, 0.29) is 56.9 Å². The van der Waals surface area contributed by atoms with Gasteiger partial charge in [0.25, 0.3) is 5.91 Å². The summed E-state index contributed by atoms with van der Waals surface area (Å²) in [5.74, 6) is 0.142. The van der Waals surface area contributed by atoms with Crippen LogP contribution in [0.2, 0.25) is 0 Å². The first-order valence-corrected chi connectivity index (χ1v) is 19.9. The number of aliphatic imine (C=N–C) groups is 1. The molecule has 4 rings (SSSR count). The van der Waals surface area contributed by atoms with E-state index in [4.69, 9.17) is 34.4 Å². The highest BCUT2D eigenvalue weighted by atomic mass is 16.7. The summed E-state index contributed by atoms with van der Waals surface area (Å²) in [6, 6.07) is 6.23. The molecule has 3 fully saturated rings. The van der Waals surface area contributed by atoms with Gasteiger partial charge in [0.15, 0.2) is 12.1 Å². The summed E-state index contributed by atoms with van der Waals surface area (Å²) in [7, 11) is 3.70. The number of nitrogen functional groups attached to an aromatic ring is 1. The van der Waals surface area contributed by atoms with Crippen molar-refractivity contribution in [2.75, 3.05) is 27.3 Å². The third-order valence-electron chi connectivity index (χ3n) is 11.5. The zero-order valence-electron chi connectivity index (χ0n) is 35.4. The number of nitrogens with zero attached hydrogens (tertiary/aromatic N) is 3. The van der Waals surface area contributed by atoms with Crippen molar-refractivity contribution in [2.45, 2.75) is 142 Å². The van der Waals surface area contributed by atoms with Gasteiger partial charge in [-0.25, -0.2) is 10.8 Å². The van der Waals surface area contributed by atoms with Crippen molar-refractivity contribution < 1.29 is 57.9 Å². The molecular formula is C41H63N5O12. The second-order valence-corrected chi connectivity index (χ2v) is 16.5. The van der Waals surface area contributed by atoms with Gasteiger partial charge in [0.2, 0.25) is 5.91 Å². The molecule has 0 aliphatic carbocycles. The highest BCUT2D eigenvalue weighted by molar-refractivity contribution is 6.00. The second-order valence-electron chi connectivity index (χ2n) is 16.5. The number of aliphatic hydroxyl groups is 2. The number of rotatable bonds is 8. The average molecular weight is 818 g/mol. The van der Waals surface area contributed by atoms with Gasteiger partial charge in [0.05, 0.1) is 37.1 Å². The first-order chi connectivity index (χ1) is 27.2. The van der Waals surface area contributed by atoms with Gasteiger partial charge in [0.1, 0.15) is 36.0 Å². The normalized spacial score (nSPS) is 37.1. The first kappa shape index (κ1) is 47.0. The standard InChI is InChI=1S/C41H63N5O12/c1-11-32-41(8,52)33-17-30(43-26(6)47)22(2)18-40(7,54-21-29(20-53-33)45-55-19-27-12-14-28(15-13-27)37(50)44-42)36(24(4)34(48)25(5)38(51)57-32)58-39-35(49)31(46(9)10)16-23(3)56-39/h12-15,22-25,31-33,35-36,39,49,52H,11,16-21,42H2,1-10H3,(H,44,50)/b43-30?,45-29-/t22-,23-,24+,25-,31+,32-,33-,35-,36-,39+,40-,41-/m1/s1. The summed E-state index contributed by atoms with van der Waals surface area (Å²) in [6.45, 7) is 12.7. The van der Waals surface area contributed by atoms with Gasteiger partial charge < -0.3 is 43.6 Å². The van der Waals surface area contributed by atoms with E-state index in [2.05, 4.69) is 15.6 Å². The third-order valence-corrected chi connectivity index (χ3v) is 11.5. The number of hydrogen-bond donors (Lipinski definition) is 4. The van der Waals surface area contributed by atoms with E-state index in [0.29, 0.717) is 23.3 Å². The van der Waals surface area contributed by atoms with Crippen LogP contribution in [0, 0.1) is 17.8 Å². The number of hydrazine groups is 1. The molecule has 3 aliphatic rings. The van der Waals surface area contributed by atoms with E-state index in [9.17, 15) is 29.4 Å². The maximum Gasteiger partial charge on any atom is 0.316 e. The molecule has 0 aromatic heterocycles. The minimum absolute atomic E-state index is 0.00401. The lowest BCUT2D eigenvalue weighted by molar-refractivity contribution is -0.296. The Bertz CT molecular complexity index is 1670. The van der Waals surface area contributed by atoms with E-state index >= 15 is 0 Å². The number of fused-ring (bicyclic) bond motifs is 5. The lowest BCUT2D eigenvalue weighted by atomic mass is 9.76. The van der Waals surface area contributed by atoms with Gasteiger partial charge in [-0.2, -0.15) is 0 Å². The minimum atomic E-state index is -1.85. The molecule has 3 heterocycles. The fraction of sp³-hybridized carbons (Fsp3) is 0.707. The highest BCUT2D eigenvalue weighted by Crippen LogP contribution is 2.39. The Kier molecular flexibility index (Phi) is 16.2. The van der Waals surface area contributed by atoms with Crippen molar-refractivity contribution in [3.05, 3.63) is 35.4 Å². The Labute approximate surface area is 340 Å². The summed E-state index contributed by atoms with van der Waals surface area (Å²) >= 11 is 0. The van der Waals surface area contributed by atoms with Crippen LogP contribution in [-0.4, -0.2) is 131 Å². The lowest BCUT2D eigenvalue weighted by Gasteiger charge is -2.47. The topological polar surface area (TPSA) is 230 Å². The molecule has 0 unspecified atom stereocenters. The number of nitrogens with two attached hydrogens (primary N) is 1. The molecular weight excluding hydrogens is 754 g/mol. The molecule has 5 N–H and O–H groups in total. The molecule has 1 aromatic carbocycles. The third kappa shape index (κ3) is 11.3. The van der Waals surface area contributed by atoms with Crippen molar-refractivity contribution in [2.24, 2.45) is 33.7 Å². The number of oxime groups is 1. The second kappa shape index (κ2) is 20.1. The van der Waals surface area contributed by atoms with Crippen LogP contribution in [0.15, 0.2) is 34.4 Å². The van der Waals surface area contributed by atoms with Gasteiger partial charge in [-0.1, -0.05) is 38.1 Å². The van der Waals surface area contributed by atoms with Crippen LogP contribution in [0.25, 0.3) is 0 Å². The van der Waals surface area contributed by atoms with Crippen LogP contribution < -0.4 is 11.3 Å². The fourth-order valence-corrected chi connectivity index (χ4v) is 8.05. The fourth-order valence-electron chi connectivity index (χ4n) is 8.05. The zero-order chi connectivity index (χ0) is 43.1. The number of carbonyl (C=O) groups excluding carboxylic acids is 4. The molecule has 17 nitrogen and oxygen atoms in total. The molecule has 3 aliphatic heterocycles. The van der Waals surface area contributed by atoms with Gasteiger partial charge in [-0.15, -0.1) is 0 Å². The number of likely N-dealkylation sites (N-methyl/N-ethyl adjacent to an activating group) is 1. The number of ketones is 1. The van der Waals surface area contributed by atoms with Gasteiger partial charge in [0, 0.05) is 36.6 Å². The van der Waals surface area contributed by atoms with E-state index < -0.39 is 83.2 Å². The molecule has 0 saturated carbocycles. The van der Waals surface area contributed by atoms with Crippen molar-refractivity contribution in [1.82, 2.24) is 10.3 Å². The van der Waals surface area contributed by atoms with Crippen molar-refractivity contribution >= 4 is 35.0 Å². The number of amides is 2. The average Bonchev–Trinajstić information content (AvgIpc) is 3.19. The van der Waals surface area contributed by atoms with Crippen molar-refractivity contribution in [3.8, 4) is 0 Å². The molecule has 2 bridgehead atoms. The Morgan fingerprint density at radius 1 is 1.09 bits per heavy atom. The summed E-state index contributed by atoms with van der Waals surface area (Å²) in [6.07, 6.45) is -5.24. The van der Waals surface area contributed by atoms with Crippen LogP contribution >= 0.6 is 0 Å². The number of aliphatic hydroxyl groups excluding tert-OH is 1. The highest BCUT2D eigenvalue weighted by Gasteiger charge is 2.51. The Balaban J connectivity index is 1.88. The van der Waals surface area contributed by atoms with Crippen LogP contribution in [0.3, 0.4) is 0 Å².